The van der Waals surface area contributed by atoms with Crippen molar-refractivity contribution in [3.8, 4) is 5.75 Å². The van der Waals surface area contributed by atoms with Gasteiger partial charge in [0.2, 0.25) is 0 Å². The first-order chi connectivity index (χ1) is 11.5. The fraction of sp³-hybridized carbons (Fsp3) is 0.118. The maximum Gasteiger partial charge on any atom is 0.270 e. The lowest BCUT2D eigenvalue weighted by Gasteiger charge is -2.05. The number of nitrogens with zero attached hydrogens (tertiary/aromatic N) is 1. The summed E-state index contributed by atoms with van der Waals surface area (Å²) in [7, 11) is 1.55. The molecule has 0 amide bonds. The minimum absolute atomic E-state index is 0.113. The number of fused-ring (bicyclic) bond motifs is 1. The number of benzene rings is 2. The Hall–Kier alpha value is -2.37. The number of aromatic nitrogens is 2. The van der Waals surface area contributed by atoms with Crippen molar-refractivity contribution in [2.45, 2.75) is 6.42 Å². The smallest absolute Gasteiger partial charge is 0.270 e. The van der Waals surface area contributed by atoms with Gasteiger partial charge >= 0.3 is 0 Å². The molecular formula is C17H12Cl2N2O3. The molecule has 1 aromatic heterocycles. The van der Waals surface area contributed by atoms with E-state index in [9.17, 15) is 9.59 Å². The largest absolute Gasteiger partial charge is 0.497 e. The predicted molar refractivity (Wildman–Crippen MR) is 93.4 cm³/mol. The number of ether oxygens (including phenoxy) is 1. The van der Waals surface area contributed by atoms with Crippen molar-refractivity contribution < 1.29 is 9.53 Å². The Kier molecular flexibility index (Phi) is 4.55. The van der Waals surface area contributed by atoms with E-state index in [0.29, 0.717) is 32.4 Å². The summed E-state index contributed by atoms with van der Waals surface area (Å²) in [6.07, 6.45) is -0.113. The number of methoxy groups -OCH3 is 1. The first-order valence-electron chi connectivity index (χ1n) is 7.03. The third kappa shape index (κ3) is 3.27. The van der Waals surface area contributed by atoms with Crippen LogP contribution in [0, 0.1) is 0 Å². The van der Waals surface area contributed by atoms with Gasteiger partial charge in [-0.1, -0.05) is 23.2 Å². The number of carbonyl (C=O) groups is 1. The highest BCUT2D eigenvalue weighted by atomic mass is 35.5. The minimum atomic E-state index is -0.428. The van der Waals surface area contributed by atoms with Gasteiger partial charge in [-0.25, -0.2) is 4.98 Å². The SMILES string of the molecule is COc1ccc(C(=O)Cc2nc3cc(Cl)c(Cl)cc3[nH]c2=O)cc1. The van der Waals surface area contributed by atoms with Crippen LogP contribution in [0.4, 0.5) is 0 Å². The third-order valence-corrected chi connectivity index (χ3v) is 4.27. The van der Waals surface area contributed by atoms with Crippen LogP contribution >= 0.6 is 23.2 Å². The zero-order valence-electron chi connectivity index (χ0n) is 12.6. The Morgan fingerprint density at radius 2 is 1.83 bits per heavy atom. The van der Waals surface area contributed by atoms with Gasteiger partial charge < -0.3 is 9.72 Å². The lowest BCUT2D eigenvalue weighted by Crippen LogP contribution is -2.19. The molecule has 0 saturated carbocycles. The first-order valence-corrected chi connectivity index (χ1v) is 7.78. The molecule has 7 heteroatoms. The van der Waals surface area contributed by atoms with Gasteiger partial charge in [-0.05, 0) is 36.4 Å². The van der Waals surface area contributed by atoms with E-state index in [2.05, 4.69) is 9.97 Å². The van der Waals surface area contributed by atoms with Gasteiger partial charge in [-0.2, -0.15) is 0 Å². The summed E-state index contributed by atoms with van der Waals surface area (Å²) < 4.78 is 5.05. The molecule has 0 aliphatic carbocycles. The van der Waals surface area contributed by atoms with Crippen LogP contribution in [0.1, 0.15) is 16.1 Å². The van der Waals surface area contributed by atoms with Gasteiger partial charge in [-0.15, -0.1) is 0 Å². The highest BCUT2D eigenvalue weighted by Gasteiger charge is 2.13. The number of carbonyl (C=O) groups excluding carboxylic acids is 1. The van der Waals surface area contributed by atoms with Crippen molar-refractivity contribution in [2.24, 2.45) is 0 Å². The number of Topliss-reactive ketones (excluding diaryl/α,β-unsaturated/α-hetero) is 1. The maximum absolute atomic E-state index is 12.3. The van der Waals surface area contributed by atoms with Gasteiger partial charge in [0.05, 0.1) is 34.6 Å². The van der Waals surface area contributed by atoms with Crippen molar-refractivity contribution in [1.29, 1.82) is 0 Å². The Balaban J connectivity index is 1.93. The van der Waals surface area contributed by atoms with Crippen LogP contribution in [0.3, 0.4) is 0 Å². The van der Waals surface area contributed by atoms with Crippen LogP contribution in [0.5, 0.6) is 5.75 Å². The number of H-pyrrole nitrogens is 1. The molecule has 0 unspecified atom stereocenters. The summed E-state index contributed by atoms with van der Waals surface area (Å²) in [5.41, 5.74) is 1.12. The van der Waals surface area contributed by atoms with Gasteiger partial charge in [0.1, 0.15) is 11.4 Å². The normalized spacial score (nSPS) is 10.8. The molecule has 0 atom stereocenters. The van der Waals surface area contributed by atoms with Gasteiger partial charge in [0.25, 0.3) is 5.56 Å². The van der Waals surface area contributed by atoms with E-state index in [1.165, 1.54) is 6.07 Å². The number of halogens is 2. The Morgan fingerprint density at radius 3 is 2.50 bits per heavy atom. The van der Waals surface area contributed by atoms with Gasteiger partial charge in [0, 0.05) is 5.56 Å². The average molecular weight is 363 g/mol. The molecule has 0 spiro atoms. The summed E-state index contributed by atoms with van der Waals surface area (Å²) in [6.45, 7) is 0. The van der Waals surface area contributed by atoms with E-state index in [4.69, 9.17) is 27.9 Å². The van der Waals surface area contributed by atoms with E-state index in [1.54, 1.807) is 37.4 Å². The zero-order chi connectivity index (χ0) is 17.3. The first kappa shape index (κ1) is 16.5. The average Bonchev–Trinajstić information content (AvgIpc) is 2.57. The summed E-state index contributed by atoms with van der Waals surface area (Å²) >= 11 is 11.9. The molecule has 0 aliphatic heterocycles. The molecule has 3 aromatic rings. The van der Waals surface area contributed by atoms with Crippen LogP contribution in [-0.2, 0) is 6.42 Å². The van der Waals surface area contributed by atoms with Crippen LogP contribution in [0.15, 0.2) is 41.2 Å². The van der Waals surface area contributed by atoms with Crippen LogP contribution in [0.25, 0.3) is 11.0 Å². The second-order valence-electron chi connectivity index (χ2n) is 5.12. The lowest BCUT2D eigenvalue weighted by atomic mass is 10.1. The number of ketones is 1. The van der Waals surface area contributed by atoms with Crippen molar-refractivity contribution in [2.75, 3.05) is 7.11 Å². The number of aromatic amines is 1. The summed E-state index contributed by atoms with van der Waals surface area (Å²) in [4.78, 5) is 31.4. The molecule has 0 aliphatic rings. The van der Waals surface area contributed by atoms with Crippen molar-refractivity contribution >= 4 is 40.0 Å². The van der Waals surface area contributed by atoms with E-state index in [0.717, 1.165) is 0 Å². The molecule has 122 valence electrons. The van der Waals surface area contributed by atoms with Crippen molar-refractivity contribution in [3.63, 3.8) is 0 Å². The highest BCUT2D eigenvalue weighted by Crippen LogP contribution is 2.25. The Bertz CT molecular complexity index is 982. The second kappa shape index (κ2) is 6.63. The molecule has 0 radical (unpaired) electrons. The molecule has 2 aromatic carbocycles. The number of nitrogens with one attached hydrogen (secondary N) is 1. The molecule has 0 bridgehead atoms. The standard InChI is InChI=1S/C17H12Cl2N2O3/c1-24-10-4-2-9(3-5-10)16(22)8-15-17(23)21-14-7-12(19)11(18)6-13(14)20-15/h2-7H,8H2,1H3,(H,21,23). The second-order valence-corrected chi connectivity index (χ2v) is 5.94. The molecule has 1 N–H and O–H groups in total. The summed E-state index contributed by atoms with van der Waals surface area (Å²) in [5.74, 6) is 0.440. The molecule has 24 heavy (non-hydrogen) atoms. The monoisotopic (exact) mass is 362 g/mol. The molecule has 3 rings (SSSR count). The van der Waals surface area contributed by atoms with E-state index in [-0.39, 0.29) is 17.9 Å². The molecule has 5 nitrogen and oxygen atoms in total. The Labute approximate surface area is 147 Å². The minimum Gasteiger partial charge on any atom is -0.497 e. The molecule has 1 heterocycles. The zero-order valence-corrected chi connectivity index (χ0v) is 14.1. The fourth-order valence-electron chi connectivity index (χ4n) is 2.27. The molecule has 0 fully saturated rings. The van der Waals surface area contributed by atoms with Crippen LogP contribution in [0.2, 0.25) is 10.0 Å². The van der Waals surface area contributed by atoms with Crippen molar-refractivity contribution in [1.82, 2.24) is 9.97 Å². The van der Waals surface area contributed by atoms with Gasteiger partial charge in [-0.3, -0.25) is 9.59 Å². The van der Waals surface area contributed by atoms with Gasteiger partial charge in [0.15, 0.2) is 5.78 Å². The summed E-state index contributed by atoms with van der Waals surface area (Å²) in [5, 5.41) is 0.653. The molecular weight excluding hydrogens is 351 g/mol. The quantitative estimate of drug-likeness (QED) is 0.718. The van der Waals surface area contributed by atoms with E-state index >= 15 is 0 Å². The fourth-order valence-corrected chi connectivity index (χ4v) is 2.59. The number of rotatable bonds is 4. The predicted octanol–water partition coefficient (Wildman–Crippen LogP) is 3.66. The highest BCUT2D eigenvalue weighted by molar-refractivity contribution is 6.42. The molecule has 0 saturated heterocycles. The van der Waals surface area contributed by atoms with E-state index < -0.39 is 5.56 Å². The van der Waals surface area contributed by atoms with Crippen LogP contribution in [-0.4, -0.2) is 22.9 Å². The lowest BCUT2D eigenvalue weighted by molar-refractivity contribution is 0.0991. The van der Waals surface area contributed by atoms with E-state index in [1.807, 2.05) is 0 Å². The Morgan fingerprint density at radius 1 is 1.17 bits per heavy atom. The third-order valence-electron chi connectivity index (χ3n) is 3.54. The topological polar surface area (TPSA) is 72.0 Å². The summed E-state index contributed by atoms with van der Waals surface area (Å²) in [6, 6.07) is 9.75. The number of hydrogen-bond donors (Lipinski definition) is 1. The number of hydrogen-bond acceptors (Lipinski definition) is 4. The maximum atomic E-state index is 12.3. The van der Waals surface area contributed by atoms with Crippen LogP contribution < -0.4 is 10.3 Å². The van der Waals surface area contributed by atoms with Crippen molar-refractivity contribution in [3.05, 3.63) is 68.1 Å².